The Labute approximate surface area is 199 Å². The Morgan fingerprint density at radius 3 is 2.24 bits per heavy atom. The quantitative estimate of drug-likeness (QED) is 0.479. The minimum absolute atomic E-state index is 0.0951. The van der Waals surface area contributed by atoms with E-state index in [0.717, 1.165) is 22.6 Å². The topological polar surface area (TPSA) is 53.0 Å². The lowest BCUT2D eigenvalue weighted by Gasteiger charge is -2.37. The molecule has 34 heavy (non-hydrogen) atoms. The molecular weight excluding hydrogens is 469 g/mol. The third-order valence-corrected chi connectivity index (χ3v) is 6.10. The molecule has 1 heterocycles. The van der Waals surface area contributed by atoms with E-state index in [9.17, 15) is 23.1 Å². The van der Waals surface area contributed by atoms with Crippen LogP contribution in [0.25, 0.3) is 0 Å². The average Bonchev–Trinajstić information content (AvgIpc) is 3.02. The van der Waals surface area contributed by atoms with Gasteiger partial charge in [0.2, 0.25) is 0 Å². The SMILES string of the molecule is COCC1N(c2ccc(C)cc2)C(=O)N(c2ccc(Cl)cc2)C1(O)c1cccc(C(F)(F)F)c1. The number of anilines is 2. The van der Waals surface area contributed by atoms with Gasteiger partial charge in [0.15, 0.2) is 5.72 Å². The van der Waals surface area contributed by atoms with Crippen molar-refractivity contribution in [2.75, 3.05) is 23.5 Å². The molecule has 1 aliphatic heterocycles. The van der Waals surface area contributed by atoms with Crippen molar-refractivity contribution in [1.29, 1.82) is 0 Å². The van der Waals surface area contributed by atoms with Crippen LogP contribution >= 0.6 is 11.6 Å². The molecule has 2 unspecified atom stereocenters. The van der Waals surface area contributed by atoms with E-state index in [0.29, 0.717) is 10.7 Å². The van der Waals surface area contributed by atoms with Gasteiger partial charge >= 0.3 is 12.2 Å². The standard InChI is InChI=1S/C25H22ClF3N2O3/c1-16-6-10-20(11-7-16)30-22(15-34-2)24(33,17-4-3-5-18(14-17)25(27,28)29)31(23(30)32)21-12-8-19(26)9-13-21/h3-14,22,33H,15H2,1-2H3. The van der Waals surface area contributed by atoms with Crippen molar-refractivity contribution in [2.24, 2.45) is 0 Å². The Kier molecular flexibility index (Phi) is 6.33. The van der Waals surface area contributed by atoms with Crippen molar-refractivity contribution in [2.45, 2.75) is 24.9 Å². The van der Waals surface area contributed by atoms with Crippen LogP contribution in [-0.4, -0.2) is 30.9 Å². The third-order valence-electron chi connectivity index (χ3n) is 5.85. The Hall–Kier alpha value is -3.07. The number of benzene rings is 3. The second-order valence-electron chi connectivity index (χ2n) is 8.08. The zero-order valence-corrected chi connectivity index (χ0v) is 19.1. The van der Waals surface area contributed by atoms with Gasteiger partial charge < -0.3 is 9.84 Å². The highest BCUT2D eigenvalue weighted by molar-refractivity contribution is 6.30. The number of carbonyl (C=O) groups is 1. The van der Waals surface area contributed by atoms with Crippen LogP contribution in [0.2, 0.25) is 5.02 Å². The number of aliphatic hydroxyl groups is 1. The molecule has 1 aliphatic rings. The summed E-state index contributed by atoms with van der Waals surface area (Å²) in [6.07, 6.45) is -4.63. The van der Waals surface area contributed by atoms with Gasteiger partial charge in [0.1, 0.15) is 6.04 Å². The van der Waals surface area contributed by atoms with Gasteiger partial charge in [-0.1, -0.05) is 41.4 Å². The Morgan fingerprint density at radius 2 is 1.65 bits per heavy atom. The van der Waals surface area contributed by atoms with Gasteiger partial charge in [-0.3, -0.25) is 9.80 Å². The minimum Gasteiger partial charge on any atom is -0.382 e. The molecule has 2 amide bonds. The number of hydrogen-bond acceptors (Lipinski definition) is 3. The second-order valence-corrected chi connectivity index (χ2v) is 8.51. The van der Waals surface area contributed by atoms with Crippen molar-refractivity contribution in [3.05, 3.63) is 94.5 Å². The Bertz CT molecular complexity index is 1190. The van der Waals surface area contributed by atoms with Crippen molar-refractivity contribution in [3.63, 3.8) is 0 Å². The van der Waals surface area contributed by atoms with Crippen molar-refractivity contribution >= 4 is 29.0 Å². The number of carbonyl (C=O) groups excluding carboxylic acids is 1. The molecule has 178 valence electrons. The van der Waals surface area contributed by atoms with E-state index in [-0.39, 0.29) is 17.9 Å². The van der Waals surface area contributed by atoms with E-state index in [1.165, 1.54) is 48.4 Å². The summed E-state index contributed by atoms with van der Waals surface area (Å²) in [5.74, 6) is 0. The molecule has 1 fully saturated rings. The smallest absolute Gasteiger partial charge is 0.382 e. The van der Waals surface area contributed by atoms with Gasteiger partial charge in [0.05, 0.1) is 12.2 Å². The van der Waals surface area contributed by atoms with Crippen molar-refractivity contribution in [1.82, 2.24) is 0 Å². The van der Waals surface area contributed by atoms with Crippen LogP contribution in [0.1, 0.15) is 16.7 Å². The number of methoxy groups -OCH3 is 1. The summed E-state index contributed by atoms with van der Waals surface area (Å²) in [7, 11) is 1.40. The highest BCUT2D eigenvalue weighted by Gasteiger charge is 2.59. The molecule has 4 rings (SSSR count). The summed E-state index contributed by atoms with van der Waals surface area (Å²) >= 11 is 6.01. The van der Waals surface area contributed by atoms with Crippen LogP contribution in [-0.2, 0) is 16.6 Å². The largest absolute Gasteiger partial charge is 0.416 e. The first-order valence-corrected chi connectivity index (χ1v) is 10.8. The van der Waals surface area contributed by atoms with Gasteiger partial charge in [-0.05, 0) is 55.5 Å². The highest BCUT2D eigenvalue weighted by atomic mass is 35.5. The molecule has 0 saturated carbocycles. The van der Waals surface area contributed by atoms with E-state index in [1.807, 2.05) is 6.92 Å². The number of nitrogens with zero attached hydrogens (tertiary/aromatic N) is 2. The van der Waals surface area contributed by atoms with Crippen LogP contribution in [0.5, 0.6) is 0 Å². The number of halogens is 4. The number of alkyl halides is 3. The molecule has 2 atom stereocenters. The molecule has 3 aromatic carbocycles. The summed E-state index contributed by atoms with van der Waals surface area (Å²) in [4.78, 5) is 16.2. The molecule has 0 spiro atoms. The molecule has 0 radical (unpaired) electrons. The first kappa shape index (κ1) is 24.1. The van der Waals surface area contributed by atoms with Crippen LogP contribution < -0.4 is 9.80 Å². The minimum atomic E-state index is -4.63. The predicted molar refractivity (Wildman–Crippen MR) is 124 cm³/mol. The first-order valence-electron chi connectivity index (χ1n) is 10.4. The lowest BCUT2D eigenvalue weighted by Crippen LogP contribution is -2.51. The molecule has 9 heteroatoms. The fourth-order valence-corrected chi connectivity index (χ4v) is 4.33. The van der Waals surface area contributed by atoms with Gasteiger partial charge in [-0.25, -0.2) is 4.79 Å². The predicted octanol–water partition coefficient (Wildman–Crippen LogP) is 5.97. The average molecular weight is 491 g/mol. The summed E-state index contributed by atoms with van der Waals surface area (Å²) < 4.78 is 45.9. The summed E-state index contributed by atoms with van der Waals surface area (Å²) in [5.41, 5.74) is -1.52. The maximum atomic E-state index is 13.8. The van der Waals surface area contributed by atoms with Crippen molar-refractivity contribution in [3.8, 4) is 0 Å². The van der Waals surface area contributed by atoms with Crippen LogP contribution in [0.3, 0.4) is 0 Å². The first-order chi connectivity index (χ1) is 16.1. The fourth-order valence-electron chi connectivity index (χ4n) is 4.20. The Balaban J connectivity index is 1.96. The normalized spacial score (nSPS) is 20.8. The number of rotatable bonds is 5. The molecule has 0 bridgehead atoms. The number of urea groups is 1. The highest BCUT2D eigenvalue weighted by Crippen LogP contribution is 2.45. The molecule has 0 aromatic heterocycles. The van der Waals surface area contributed by atoms with Gasteiger partial charge in [0, 0.05) is 29.1 Å². The van der Waals surface area contributed by atoms with Crippen LogP contribution in [0.15, 0.2) is 72.8 Å². The van der Waals surface area contributed by atoms with Crippen LogP contribution in [0, 0.1) is 6.92 Å². The maximum absolute atomic E-state index is 13.8. The molecule has 3 aromatic rings. The monoisotopic (exact) mass is 490 g/mol. The van der Waals surface area contributed by atoms with E-state index < -0.39 is 29.5 Å². The number of ether oxygens (including phenoxy) is 1. The van der Waals surface area contributed by atoms with Gasteiger partial charge in [-0.2, -0.15) is 13.2 Å². The molecule has 5 nitrogen and oxygen atoms in total. The summed E-state index contributed by atoms with van der Waals surface area (Å²) in [6.45, 7) is 1.75. The number of aryl methyl sites for hydroxylation is 1. The second kappa shape index (κ2) is 8.94. The van der Waals surface area contributed by atoms with E-state index in [2.05, 4.69) is 0 Å². The third kappa shape index (κ3) is 4.13. The number of amides is 2. The van der Waals surface area contributed by atoms with E-state index >= 15 is 0 Å². The summed E-state index contributed by atoms with van der Waals surface area (Å²) in [6, 6.07) is 15.8. The maximum Gasteiger partial charge on any atom is 0.416 e. The van der Waals surface area contributed by atoms with Gasteiger partial charge in [-0.15, -0.1) is 0 Å². The Morgan fingerprint density at radius 1 is 1.03 bits per heavy atom. The fraction of sp³-hybridized carbons (Fsp3) is 0.240. The summed E-state index contributed by atoms with van der Waals surface area (Å²) in [5, 5.41) is 12.6. The van der Waals surface area contributed by atoms with Crippen LogP contribution in [0.4, 0.5) is 29.3 Å². The van der Waals surface area contributed by atoms with Crippen molar-refractivity contribution < 1.29 is 27.8 Å². The zero-order chi connectivity index (χ0) is 24.7. The van der Waals surface area contributed by atoms with E-state index in [4.69, 9.17) is 16.3 Å². The molecule has 1 saturated heterocycles. The lowest BCUT2D eigenvalue weighted by molar-refractivity contribution is -0.137. The lowest BCUT2D eigenvalue weighted by atomic mass is 9.92. The van der Waals surface area contributed by atoms with Gasteiger partial charge in [0.25, 0.3) is 0 Å². The molecule has 1 N–H and O–H groups in total. The molecule has 0 aliphatic carbocycles. The zero-order valence-electron chi connectivity index (χ0n) is 18.4. The van der Waals surface area contributed by atoms with E-state index in [1.54, 1.807) is 24.3 Å². The molecular formula is C25H22ClF3N2O3. The number of hydrogen-bond donors (Lipinski definition) is 1.